The molecule has 0 radical (unpaired) electrons. The first kappa shape index (κ1) is 14.7. The smallest absolute Gasteiger partial charge is 0.259 e. The van der Waals surface area contributed by atoms with Gasteiger partial charge in [0.15, 0.2) is 0 Å². The van der Waals surface area contributed by atoms with Gasteiger partial charge in [-0.25, -0.2) is 0 Å². The van der Waals surface area contributed by atoms with Crippen molar-refractivity contribution in [3.63, 3.8) is 0 Å². The molecule has 0 saturated carbocycles. The van der Waals surface area contributed by atoms with Crippen LogP contribution in [-0.2, 0) is 0 Å². The monoisotopic (exact) mass is 412 g/mol. The van der Waals surface area contributed by atoms with E-state index in [0.717, 1.165) is 27.9 Å². The minimum atomic E-state index is -0.00181. The molecule has 21 heavy (non-hydrogen) atoms. The maximum absolute atomic E-state index is 12.9. The van der Waals surface area contributed by atoms with Crippen LogP contribution in [0.5, 0.6) is 0 Å². The van der Waals surface area contributed by atoms with Crippen LogP contribution < -0.4 is 10.2 Å². The van der Waals surface area contributed by atoms with Crippen LogP contribution in [0.4, 0.5) is 11.4 Å². The average molecular weight is 413 g/mol. The number of rotatable bonds is 1. The zero-order valence-corrected chi connectivity index (χ0v) is 14.2. The summed E-state index contributed by atoms with van der Waals surface area (Å²) in [4.78, 5) is 14.8. The first-order chi connectivity index (χ1) is 10.2. The van der Waals surface area contributed by atoms with Crippen LogP contribution in [0.2, 0.25) is 5.02 Å². The summed E-state index contributed by atoms with van der Waals surface area (Å²) in [6, 6.07) is 13.3. The highest BCUT2D eigenvalue weighted by Gasteiger charge is 2.23. The Morgan fingerprint density at radius 2 is 2.05 bits per heavy atom. The first-order valence-corrected chi connectivity index (χ1v) is 8.22. The molecule has 1 aliphatic rings. The van der Waals surface area contributed by atoms with Crippen LogP contribution in [0.15, 0.2) is 42.5 Å². The standard InChI is InChI=1S/C16H14ClIN2O/c17-11-6-7-13(18)12(10-11)16(21)20-9-3-8-19-14-4-1-2-5-15(14)20/h1-2,4-7,10,19H,3,8-9H2. The molecule has 0 spiro atoms. The van der Waals surface area contributed by atoms with Crippen molar-refractivity contribution in [1.82, 2.24) is 0 Å². The molecule has 5 heteroatoms. The predicted octanol–water partition coefficient (Wildman–Crippen LogP) is 4.41. The third-order valence-electron chi connectivity index (χ3n) is 3.47. The van der Waals surface area contributed by atoms with E-state index in [-0.39, 0.29) is 5.91 Å². The van der Waals surface area contributed by atoms with Crippen molar-refractivity contribution >= 4 is 51.5 Å². The third kappa shape index (κ3) is 3.01. The van der Waals surface area contributed by atoms with Gasteiger partial charge in [-0.2, -0.15) is 0 Å². The maximum Gasteiger partial charge on any atom is 0.259 e. The van der Waals surface area contributed by atoms with Crippen molar-refractivity contribution in [2.75, 3.05) is 23.3 Å². The second-order valence-corrected chi connectivity index (χ2v) is 6.48. The van der Waals surface area contributed by atoms with Crippen LogP contribution in [-0.4, -0.2) is 19.0 Å². The van der Waals surface area contributed by atoms with Crippen molar-refractivity contribution in [1.29, 1.82) is 0 Å². The molecule has 0 fully saturated rings. The van der Waals surface area contributed by atoms with Crippen molar-refractivity contribution in [2.24, 2.45) is 0 Å². The molecule has 2 aromatic rings. The summed E-state index contributed by atoms with van der Waals surface area (Å²) in [5.74, 6) is -0.00181. The molecule has 3 rings (SSSR count). The van der Waals surface area contributed by atoms with Crippen LogP contribution >= 0.6 is 34.2 Å². The van der Waals surface area contributed by atoms with Gasteiger partial charge < -0.3 is 10.2 Å². The minimum Gasteiger partial charge on any atom is -0.383 e. The Hall–Kier alpha value is -1.27. The first-order valence-electron chi connectivity index (χ1n) is 6.76. The van der Waals surface area contributed by atoms with Gasteiger partial charge in [-0.15, -0.1) is 0 Å². The maximum atomic E-state index is 12.9. The predicted molar refractivity (Wildman–Crippen MR) is 95.4 cm³/mol. The van der Waals surface area contributed by atoms with E-state index in [2.05, 4.69) is 27.9 Å². The molecule has 2 aromatic carbocycles. The zero-order valence-electron chi connectivity index (χ0n) is 11.3. The number of hydrogen-bond acceptors (Lipinski definition) is 2. The summed E-state index contributed by atoms with van der Waals surface area (Å²) < 4.78 is 0.914. The highest BCUT2D eigenvalue weighted by molar-refractivity contribution is 14.1. The lowest BCUT2D eigenvalue weighted by molar-refractivity contribution is 0.0986. The molecule has 0 atom stereocenters. The number of carbonyl (C=O) groups is 1. The summed E-state index contributed by atoms with van der Waals surface area (Å²) in [5, 5.41) is 3.95. The molecule has 0 aliphatic carbocycles. The van der Waals surface area contributed by atoms with E-state index >= 15 is 0 Å². The molecular weight excluding hydrogens is 399 g/mol. The van der Waals surface area contributed by atoms with E-state index < -0.39 is 0 Å². The van der Waals surface area contributed by atoms with Gasteiger partial charge in [0.25, 0.3) is 5.91 Å². The number of para-hydroxylation sites is 2. The van der Waals surface area contributed by atoms with Crippen molar-refractivity contribution < 1.29 is 4.79 Å². The Labute approximate surface area is 142 Å². The van der Waals surface area contributed by atoms with Gasteiger partial charge in [-0.1, -0.05) is 23.7 Å². The number of anilines is 2. The molecule has 1 N–H and O–H groups in total. The average Bonchev–Trinajstić information content (AvgIpc) is 2.71. The molecule has 0 aromatic heterocycles. The fourth-order valence-corrected chi connectivity index (χ4v) is 3.20. The van der Waals surface area contributed by atoms with Gasteiger partial charge in [-0.05, 0) is 59.3 Å². The van der Waals surface area contributed by atoms with Crippen LogP contribution in [0.3, 0.4) is 0 Å². The largest absolute Gasteiger partial charge is 0.383 e. The van der Waals surface area contributed by atoms with E-state index in [9.17, 15) is 4.79 Å². The molecule has 3 nitrogen and oxygen atoms in total. The fourth-order valence-electron chi connectivity index (χ4n) is 2.46. The number of carbonyl (C=O) groups excluding carboxylic acids is 1. The Morgan fingerprint density at radius 3 is 2.90 bits per heavy atom. The number of nitrogens with one attached hydrogen (secondary N) is 1. The van der Waals surface area contributed by atoms with Gasteiger partial charge in [0.05, 0.1) is 16.9 Å². The van der Waals surface area contributed by atoms with Gasteiger partial charge in [0, 0.05) is 21.7 Å². The number of benzene rings is 2. The van der Waals surface area contributed by atoms with Gasteiger partial charge in [0.1, 0.15) is 0 Å². The minimum absolute atomic E-state index is 0.00181. The number of hydrogen-bond donors (Lipinski definition) is 1. The number of amides is 1. The van der Waals surface area contributed by atoms with E-state index in [4.69, 9.17) is 11.6 Å². The number of fused-ring (bicyclic) bond motifs is 1. The lowest BCUT2D eigenvalue weighted by Gasteiger charge is -2.23. The van der Waals surface area contributed by atoms with E-state index in [0.29, 0.717) is 17.1 Å². The van der Waals surface area contributed by atoms with Gasteiger partial charge in [0.2, 0.25) is 0 Å². The molecule has 0 saturated heterocycles. The Kier molecular flexibility index (Phi) is 4.35. The lowest BCUT2D eigenvalue weighted by atomic mass is 10.1. The quantitative estimate of drug-likeness (QED) is 0.704. The normalized spacial score (nSPS) is 14.1. The Bertz CT molecular complexity index is 690. The zero-order chi connectivity index (χ0) is 14.8. The fraction of sp³-hybridized carbons (Fsp3) is 0.188. The summed E-state index contributed by atoms with van der Waals surface area (Å²) in [5.41, 5.74) is 2.58. The molecule has 0 bridgehead atoms. The summed E-state index contributed by atoms with van der Waals surface area (Å²) in [7, 11) is 0. The summed E-state index contributed by atoms with van der Waals surface area (Å²) in [6.45, 7) is 1.57. The molecular formula is C16H14ClIN2O. The topological polar surface area (TPSA) is 32.3 Å². The van der Waals surface area contributed by atoms with Crippen molar-refractivity contribution in [3.8, 4) is 0 Å². The van der Waals surface area contributed by atoms with Crippen LogP contribution in [0.25, 0.3) is 0 Å². The van der Waals surface area contributed by atoms with Crippen molar-refractivity contribution in [3.05, 3.63) is 56.6 Å². The van der Waals surface area contributed by atoms with E-state index in [1.807, 2.05) is 35.2 Å². The Balaban J connectivity index is 2.03. The van der Waals surface area contributed by atoms with Gasteiger partial charge in [-0.3, -0.25) is 4.79 Å². The molecule has 1 heterocycles. The second kappa shape index (κ2) is 6.23. The highest BCUT2D eigenvalue weighted by atomic mass is 127. The molecule has 1 aliphatic heterocycles. The third-order valence-corrected chi connectivity index (χ3v) is 4.65. The SMILES string of the molecule is O=C(c1cc(Cl)ccc1I)N1CCCNc2ccccc21. The molecule has 0 unspecified atom stereocenters. The van der Waals surface area contributed by atoms with Crippen LogP contribution in [0, 0.1) is 3.57 Å². The number of halogens is 2. The van der Waals surface area contributed by atoms with Crippen molar-refractivity contribution in [2.45, 2.75) is 6.42 Å². The highest BCUT2D eigenvalue weighted by Crippen LogP contribution is 2.30. The Morgan fingerprint density at radius 1 is 1.24 bits per heavy atom. The summed E-state index contributed by atoms with van der Waals surface area (Å²) in [6.07, 6.45) is 0.914. The van der Waals surface area contributed by atoms with E-state index in [1.54, 1.807) is 12.1 Å². The summed E-state index contributed by atoms with van der Waals surface area (Å²) >= 11 is 8.22. The molecule has 108 valence electrons. The number of nitrogens with zero attached hydrogens (tertiary/aromatic N) is 1. The lowest BCUT2D eigenvalue weighted by Crippen LogP contribution is -2.32. The second-order valence-electron chi connectivity index (χ2n) is 4.88. The van der Waals surface area contributed by atoms with Gasteiger partial charge >= 0.3 is 0 Å². The van der Waals surface area contributed by atoms with E-state index in [1.165, 1.54) is 0 Å². The molecule has 1 amide bonds. The van der Waals surface area contributed by atoms with Crippen LogP contribution in [0.1, 0.15) is 16.8 Å².